The standard InChI is InChI=1S/C18H18N2O2/c1-22-14-10-6-12(7-11-14)17-19-16-5-3-2-4-15(16)18(21)20(17)13-8-9-13/h2-7,10-11,13,17,19H,8-9H2,1H3/t17-/m0/s1. The largest absolute Gasteiger partial charge is 0.497 e. The van der Waals surface area contributed by atoms with Gasteiger partial charge < -0.3 is 15.0 Å². The minimum Gasteiger partial charge on any atom is -0.497 e. The van der Waals surface area contributed by atoms with Gasteiger partial charge in [-0.25, -0.2) is 0 Å². The van der Waals surface area contributed by atoms with Gasteiger partial charge in [-0.2, -0.15) is 0 Å². The summed E-state index contributed by atoms with van der Waals surface area (Å²) in [7, 11) is 1.66. The lowest BCUT2D eigenvalue weighted by molar-refractivity contribution is 0.0666. The van der Waals surface area contributed by atoms with Gasteiger partial charge in [0, 0.05) is 11.7 Å². The smallest absolute Gasteiger partial charge is 0.258 e. The summed E-state index contributed by atoms with van der Waals surface area (Å²) >= 11 is 0. The van der Waals surface area contributed by atoms with E-state index in [2.05, 4.69) is 5.32 Å². The number of methoxy groups -OCH3 is 1. The first-order valence-corrected chi connectivity index (χ1v) is 7.60. The number of amides is 1. The third kappa shape index (κ3) is 2.11. The Balaban J connectivity index is 1.75. The Hall–Kier alpha value is -2.49. The lowest BCUT2D eigenvalue weighted by Crippen LogP contribution is -2.44. The number of anilines is 1. The van der Waals surface area contributed by atoms with E-state index in [0.717, 1.165) is 35.4 Å². The Labute approximate surface area is 129 Å². The fourth-order valence-corrected chi connectivity index (χ4v) is 3.03. The van der Waals surface area contributed by atoms with Crippen molar-refractivity contribution < 1.29 is 9.53 Å². The van der Waals surface area contributed by atoms with E-state index in [4.69, 9.17) is 4.74 Å². The van der Waals surface area contributed by atoms with Crippen LogP contribution in [-0.4, -0.2) is 24.0 Å². The molecule has 1 amide bonds. The van der Waals surface area contributed by atoms with Crippen LogP contribution < -0.4 is 10.1 Å². The summed E-state index contributed by atoms with van der Waals surface area (Å²) in [4.78, 5) is 14.9. The van der Waals surface area contributed by atoms with Crippen molar-refractivity contribution in [1.82, 2.24) is 4.90 Å². The van der Waals surface area contributed by atoms with Gasteiger partial charge in [0.1, 0.15) is 11.9 Å². The molecule has 0 saturated heterocycles. The zero-order valence-electron chi connectivity index (χ0n) is 12.5. The van der Waals surface area contributed by atoms with Crippen molar-refractivity contribution >= 4 is 11.6 Å². The number of fused-ring (bicyclic) bond motifs is 1. The number of nitrogens with zero attached hydrogens (tertiary/aromatic N) is 1. The molecule has 0 bridgehead atoms. The molecule has 0 radical (unpaired) electrons. The highest BCUT2D eigenvalue weighted by atomic mass is 16.5. The van der Waals surface area contributed by atoms with Crippen LogP contribution in [0.1, 0.15) is 34.9 Å². The van der Waals surface area contributed by atoms with Crippen LogP contribution in [0.25, 0.3) is 0 Å². The molecule has 4 rings (SSSR count). The average Bonchev–Trinajstić information content (AvgIpc) is 3.39. The maximum Gasteiger partial charge on any atom is 0.258 e. The predicted molar refractivity (Wildman–Crippen MR) is 85.0 cm³/mol. The molecular weight excluding hydrogens is 276 g/mol. The molecule has 1 aliphatic carbocycles. The number of ether oxygens (including phenoxy) is 1. The van der Waals surface area contributed by atoms with Gasteiger partial charge in [-0.15, -0.1) is 0 Å². The third-order valence-electron chi connectivity index (χ3n) is 4.33. The van der Waals surface area contributed by atoms with Crippen LogP contribution in [0.15, 0.2) is 48.5 Å². The second kappa shape index (κ2) is 5.05. The van der Waals surface area contributed by atoms with E-state index in [1.165, 1.54) is 0 Å². The summed E-state index contributed by atoms with van der Waals surface area (Å²) in [6.07, 6.45) is 2.06. The molecule has 1 saturated carbocycles. The number of carbonyl (C=O) groups excluding carboxylic acids is 1. The quantitative estimate of drug-likeness (QED) is 0.943. The Morgan fingerprint density at radius 3 is 2.50 bits per heavy atom. The molecule has 0 aromatic heterocycles. The molecule has 1 heterocycles. The van der Waals surface area contributed by atoms with E-state index in [-0.39, 0.29) is 12.1 Å². The first-order chi connectivity index (χ1) is 10.8. The summed E-state index contributed by atoms with van der Waals surface area (Å²) in [5.41, 5.74) is 2.75. The van der Waals surface area contributed by atoms with Crippen LogP contribution in [0.3, 0.4) is 0 Å². The maximum absolute atomic E-state index is 12.9. The molecule has 2 aromatic carbocycles. The number of hydrogen-bond acceptors (Lipinski definition) is 3. The summed E-state index contributed by atoms with van der Waals surface area (Å²) in [6, 6.07) is 16.0. The number of hydrogen-bond donors (Lipinski definition) is 1. The molecular formula is C18H18N2O2. The van der Waals surface area contributed by atoms with Gasteiger partial charge in [0.25, 0.3) is 5.91 Å². The van der Waals surface area contributed by atoms with Crippen LogP contribution in [-0.2, 0) is 0 Å². The lowest BCUT2D eigenvalue weighted by atomic mass is 10.0. The second-order valence-electron chi connectivity index (χ2n) is 5.81. The van der Waals surface area contributed by atoms with Crippen LogP contribution in [0.5, 0.6) is 5.75 Å². The lowest BCUT2D eigenvalue weighted by Gasteiger charge is -2.38. The van der Waals surface area contributed by atoms with Gasteiger partial charge >= 0.3 is 0 Å². The fraction of sp³-hybridized carbons (Fsp3) is 0.278. The monoisotopic (exact) mass is 294 g/mol. The molecule has 1 N–H and O–H groups in total. The van der Waals surface area contributed by atoms with Gasteiger partial charge in [0.2, 0.25) is 0 Å². The van der Waals surface area contributed by atoms with E-state index in [1.54, 1.807) is 7.11 Å². The molecule has 1 atom stereocenters. The van der Waals surface area contributed by atoms with Crippen molar-refractivity contribution in [2.24, 2.45) is 0 Å². The van der Waals surface area contributed by atoms with Crippen LogP contribution in [0.4, 0.5) is 5.69 Å². The minimum absolute atomic E-state index is 0.110. The van der Waals surface area contributed by atoms with Crippen molar-refractivity contribution in [2.45, 2.75) is 25.0 Å². The Morgan fingerprint density at radius 2 is 1.82 bits per heavy atom. The van der Waals surface area contributed by atoms with Gasteiger partial charge in [-0.3, -0.25) is 4.79 Å². The van der Waals surface area contributed by atoms with Crippen molar-refractivity contribution in [3.63, 3.8) is 0 Å². The normalized spacial score (nSPS) is 20.3. The highest BCUT2D eigenvalue weighted by molar-refractivity contribution is 6.02. The van der Waals surface area contributed by atoms with Crippen molar-refractivity contribution in [2.75, 3.05) is 12.4 Å². The summed E-state index contributed by atoms with van der Waals surface area (Å²) in [5.74, 6) is 0.946. The van der Waals surface area contributed by atoms with Gasteiger partial charge in [-0.05, 0) is 42.7 Å². The van der Waals surface area contributed by atoms with Crippen molar-refractivity contribution in [1.29, 1.82) is 0 Å². The maximum atomic E-state index is 12.9. The minimum atomic E-state index is -0.110. The molecule has 2 aliphatic rings. The van der Waals surface area contributed by atoms with E-state index in [9.17, 15) is 4.79 Å². The number of rotatable bonds is 3. The van der Waals surface area contributed by atoms with E-state index >= 15 is 0 Å². The molecule has 4 nitrogen and oxygen atoms in total. The van der Waals surface area contributed by atoms with Crippen molar-refractivity contribution in [3.05, 3.63) is 59.7 Å². The van der Waals surface area contributed by atoms with Crippen molar-refractivity contribution in [3.8, 4) is 5.75 Å². The van der Waals surface area contributed by atoms with Crippen LogP contribution >= 0.6 is 0 Å². The summed E-state index contributed by atoms with van der Waals surface area (Å²) in [6.45, 7) is 0. The summed E-state index contributed by atoms with van der Waals surface area (Å²) in [5, 5.41) is 3.52. The number of benzene rings is 2. The molecule has 4 heteroatoms. The Morgan fingerprint density at radius 1 is 1.09 bits per heavy atom. The second-order valence-corrected chi connectivity index (χ2v) is 5.81. The Bertz CT molecular complexity index is 707. The zero-order valence-corrected chi connectivity index (χ0v) is 12.5. The van der Waals surface area contributed by atoms with Gasteiger partial charge in [-0.1, -0.05) is 24.3 Å². The SMILES string of the molecule is COc1ccc([C@H]2Nc3ccccc3C(=O)N2C2CC2)cc1. The molecule has 112 valence electrons. The van der Waals surface area contributed by atoms with Gasteiger partial charge in [0.15, 0.2) is 0 Å². The molecule has 0 unspecified atom stereocenters. The third-order valence-corrected chi connectivity index (χ3v) is 4.33. The topological polar surface area (TPSA) is 41.6 Å². The number of para-hydroxylation sites is 1. The molecule has 1 fully saturated rings. The van der Waals surface area contributed by atoms with E-state index in [0.29, 0.717) is 6.04 Å². The molecule has 22 heavy (non-hydrogen) atoms. The molecule has 0 spiro atoms. The molecule has 2 aromatic rings. The van der Waals surface area contributed by atoms with Gasteiger partial charge in [0.05, 0.1) is 12.7 Å². The summed E-state index contributed by atoms with van der Waals surface area (Å²) < 4.78 is 5.22. The first kappa shape index (κ1) is 13.2. The van der Waals surface area contributed by atoms with E-state index < -0.39 is 0 Å². The highest BCUT2D eigenvalue weighted by Crippen LogP contribution is 2.40. The van der Waals surface area contributed by atoms with E-state index in [1.807, 2.05) is 53.4 Å². The fourth-order valence-electron chi connectivity index (χ4n) is 3.03. The average molecular weight is 294 g/mol. The number of nitrogens with one attached hydrogen (secondary N) is 1. The predicted octanol–water partition coefficient (Wildman–Crippen LogP) is 3.42. The Kier molecular flexibility index (Phi) is 3.03. The zero-order chi connectivity index (χ0) is 15.1. The first-order valence-electron chi connectivity index (χ1n) is 7.60. The highest BCUT2D eigenvalue weighted by Gasteiger charge is 2.41. The van der Waals surface area contributed by atoms with Crippen LogP contribution in [0.2, 0.25) is 0 Å². The number of carbonyl (C=O) groups is 1. The van der Waals surface area contributed by atoms with Crippen LogP contribution in [0, 0.1) is 0 Å². The molecule has 1 aliphatic heterocycles.